The highest BCUT2D eigenvalue weighted by atomic mass is 16.3. The van der Waals surface area contributed by atoms with E-state index in [1.807, 2.05) is 0 Å². The number of carbonyl (C=O) groups excluding carboxylic acids is 1. The summed E-state index contributed by atoms with van der Waals surface area (Å²) in [4.78, 5) is 15.8. The molecule has 0 bridgehead atoms. The number of aromatic hydroxyl groups is 1. The van der Waals surface area contributed by atoms with Crippen LogP contribution < -0.4 is 5.32 Å². The van der Waals surface area contributed by atoms with Crippen LogP contribution in [0.5, 0.6) is 5.88 Å². The number of pyridine rings is 1. The molecule has 0 aliphatic carbocycles. The van der Waals surface area contributed by atoms with Crippen LogP contribution in [0.2, 0.25) is 0 Å². The van der Waals surface area contributed by atoms with Crippen LogP contribution in [-0.4, -0.2) is 22.0 Å². The Labute approximate surface area is 94.7 Å². The first kappa shape index (κ1) is 10.9. The maximum atomic E-state index is 11.8. The lowest BCUT2D eigenvalue weighted by Crippen LogP contribution is -2.42. The zero-order valence-electron chi connectivity index (χ0n) is 9.53. The van der Waals surface area contributed by atoms with Crippen molar-refractivity contribution in [2.45, 2.75) is 32.7 Å². The van der Waals surface area contributed by atoms with Crippen LogP contribution >= 0.6 is 0 Å². The van der Waals surface area contributed by atoms with E-state index in [9.17, 15) is 9.90 Å². The van der Waals surface area contributed by atoms with Crippen molar-refractivity contribution in [1.82, 2.24) is 10.3 Å². The number of amides is 1. The molecule has 1 aromatic heterocycles. The lowest BCUT2D eigenvalue weighted by molar-refractivity contribution is 0.0918. The molecular formula is C12H16N2O2. The molecule has 0 saturated carbocycles. The van der Waals surface area contributed by atoms with Crippen molar-refractivity contribution in [3.8, 4) is 5.88 Å². The summed E-state index contributed by atoms with van der Waals surface area (Å²) < 4.78 is 0. The van der Waals surface area contributed by atoms with E-state index in [1.54, 1.807) is 6.07 Å². The molecule has 1 aromatic rings. The summed E-state index contributed by atoms with van der Waals surface area (Å²) in [5, 5.41) is 12.3. The summed E-state index contributed by atoms with van der Waals surface area (Å²) in [5.74, 6) is 0.431. The van der Waals surface area contributed by atoms with E-state index < -0.39 is 0 Å². The first-order valence-electron chi connectivity index (χ1n) is 5.56. The molecule has 0 aromatic carbocycles. The highest BCUT2D eigenvalue weighted by molar-refractivity contribution is 5.96. The number of carbonyl (C=O) groups is 1. The molecule has 0 radical (unpaired) electrons. The van der Waals surface area contributed by atoms with Crippen LogP contribution in [0.3, 0.4) is 0 Å². The maximum Gasteiger partial charge on any atom is 0.253 e. The Morgan fingerprint density at radius 2 is 2.31 bits per heavy atom. The van der Waals surface area contributed by atoms with Crippen LogP contribution in [0.1, 0.15) is 36.3 Å². The number of hydrogen-bond donors (Lipinski definition) is 2. The van der Waals surface area contributed by atoms with Gasteiger partial charge in [-0.05, 0) is 18.4 Å². The second-order valence-corrected chi connectivity index (χ2v) is 4.67. The minimum Gasteiger partial charge on any atom is -0.493 e. The van der Waals surface area contributed by atoms with Gasteiger partial charge in [0.25, 0.3) is 5.91 Å². The van der Waals surface area contributed by atoms with Gasteiger partial charge in [0.05, 0.1) is 11.3 Å². The number of aromatic nitrogens is 1. The van der Waals surface area contributed by atoms with Crippen molar-refractivity contribution >= 4 is 5.91 Å². The molecule has 0 fully saturated rings. The predicted molar refractivity (Wildman–Crippen MR) is 60.3 cm³/mol. The third kappa shape index (κ3) is 2.15. The van der Waals surface area contributed by atoms with E-state index in [0.717, 1.165) is 6.42 Å². The molecule has 86 valence electrons. The average Bonchev–Trinajstić information content (AvgIpc) is 2.15. The maximum absolute atomic E-state index is 11.8. The van der Waals surface area contributed by atoms with Crippen LogP contribution in [0, 0.1) is 5.92 Å². The van der Waals surface area contributed by atoms with Crippen molar-refractivity contribution in [3.63, 3.8) is 0 Å². The van der Waals surface area contributed by atoms with Crippen molar-refractivity contribution in [1.29, 1.82) is 0 Å². The van der Waals surface area contributed by atoms with Crippen LogP contribution in [0.25, 0.3) is 0 Å². The number of hydrogen-bond acceptors (Lipinski definition) is 3. The third-order valence-corrected chi connectivity index (χ3v) is 2.73. The molecular weight excluding hydrogens is 204 g/mol. The van der Waals surface area contributed by atoms with E-state index >= 15 is 0 Å². The molecule has 0 saturated heterocycles. The fraction of sp³-hybridized carbons (Fsp3) is 0.500. The second kappa shape index (κ2) is 4.12. The predicted octanol–water partition coefficient (Wildman–Crippen LogP) is 1.49. The number of rotatable bonds is 2. The van der Waals surface area contributed by atoms with Gasteiger partial charge in [-0.25, -0.2) is 4.98 Å². The van der Waals surface area contributed by atoms with Crippen molar-refractivity contribution < 1.29 is 9.90 Å². The van der Waals surface area contributed by atoms with Gasteiger partial charge in [-0.15, -0.1) is 0 Å². The monoisotopic (exact) mass is 220 g/mol. The van der Waals surface area contributed by atoms with Gasteiger partial charge in [-0.2, -0.15) is 0 Å². The molecule has 1 amide bonds. The topological polar surface area (TPSA) is 62.2 Å². The normalized spacial score (nSPS) is 19.4. The van der Waals surface area contributed by atoms with Crippen LogP contribution in [0.4, 0.5) is 0 Å². The molecule has 1 aliphatic rings. The number of nitrogens with zero attached hydrogens (tertiary/aromatic N) is 1. The van der Waals surface area contributed by atoms with E-state index in [4.69, 9.17) is 0 Å². The first-order chi connectivity index (χ1) is 7.56. The summed E-state index contributed by atoms with van der Waals surface area (Å²) in [7, 11) is 0. The molecule has 2 heterocycles. The Morgan fingerprint density at radius 3 is 3.00 bits per heavy atom. The smallest absolute Gasteiger partial charge is 0.253 e. The van der Waals surface area contributed by atoms with E-state index in [1.165, 1.54) is 6.07 Å². The fourth-order valence-electron chi connectivity index (χ4n) is 2.11. The summed E-state index contributed by atoms with van der Waals surface area (Å²) in [6.45, 7) is 4.25. The van der Waals surface area contributed by atoms with Crippen molar-refractivity contribution in [3.05, 3.63) is 23.4 Å². The van der Waals surface area contributed by atoms with Crippen molar-refractivity contribution in [2.75, 3.05) is 0 Å². The zero-order valence-corrected chi connectivity index (χ0v) is 9.53. The minimum absolute atomic E-state index is 0.0169. The lowest BCUT2D eigenvalue weighted by Gasteiger charge is -2.26. The summed E-state index contributed by atoms with van der Waals surface area (Å²) in [6, 6.07) is 3.20. The van der Waals surface area contributed by atoms with Gasteiger partial charge in [-0.3, -0.25) is 4.79 Å². The van der Waals surface area contributed by atoms with Gasteiger partial charge in [0.2, 0.25) is 5.88 Å². The van der Waals surface area contributed by atoms with Crippen LogP contribution in [-0.2, 0) is 6.42 Å². The standard InChI is InChI=1S/C12H16N2O2/c1-7(2)5-8-6-10-9(12(16)13-8)3-4-11(15)14-10/h3-4,7-8H,5-6H2,1-2H3,(H,13,16)(H,14,15). The van der Waals surface area contributed by atoms with E-state index in [2.05, 4.69) is 24.1 Å². The highest BCUT2D eigenvalue weighted by Crippen LogP contribution is 2.20. The van der Waals surface area contributed by atoms with Gasteiger partial charge in [0.1, 0.15) is 0 Å². The second-order valence-electron chi connectivity index (χ2n) is 4.67. The largest absolute Gasteiger partial charge is 0.493 e. The molecule has 4 heteroatoms. The Balaban J connectivity index is 2.24. The quantitative estimate of drug-likeness (QED) is 0.793. The minimum atomic E-state index is -0.0839. The summed E-state index contributed by atoms with van der Waals surface area (Å²) in [6.07, 6.45) is 1.64. The lowest BCUT2D eigenvalue weighted by atomic mass is 9.94. The Hall–Kier alpha value is -1.58. The van der Waals surface area contributed by atoms with E-state index in [0.29, 0.717) is 23.6 Å². The van der Waals surface area contributed by atoms with Gasteiger partial charge >= 0.3 is 0 Å². The summed E-state index contributed by atoms with van der Waals surface area (Å²) in [5.41, 5.74) is 1.28. The van der Waals surface area contributed by atoms with E-state index in [-0.39, 0.29) is 17.8 Å². The summed E-state index contributed by atoms with van der Waals surface area (Å²) >= 11 is 0. The molecule has 1 atom stereocenters. The van der Waals surface area contributed by atoms with Gasteiger partial charge in [-0.1, -0.05) is 13.8 Å². The molecule has 16 heavy (non-hydrogen) atoms. The number of nitrogens with one attached hydrogen (secondary N) is 1. The number of fused-ring (bicyclic) bond motifs is 1. The highest BCUT2D eigenvalue weighted by Gasteiger charge is 2.25. The van der Waals surface area contributed by atoms with Gasteiger partial charge in [0, 0.05) is 18.5 Å². The Kier molecular flexibility index (Phi) is 2.81. The van der Waals surface area contributed by atoms with Gasteiger partial charge in [0.15, 0.2) is 0 Å². The Bertz CT molecular complexity index is 415. The molecule has 1 unspecified atom stereocenters. The molecule has 1 aliphatic heterocycles. The first-order valence-corrected chi connectivity index (χ1v) is 5.56. The average molecular weight is 220 g/mol. The third-order valence-electron chi connectivity index (χ3n) is 2.73. The molecule has 0 spiro atoms. The van der Waals surface area contributed by atoms with Crippen molar-refractivity contribution in [2.24, 2.45) is 5.92 Å². The molecule has 4 nitrogen and oxygen atoms in total. The molecule has 2 N–H and O–H groups in total. The van der Waals surface area contributed by atoms with Crippen LogP contribution in [0.15, 0.2) is 12.1 Å². The fourth-order valence-corrected chi connectivity index (χ4v) is 2.11. The SMILES string of the molecule is CC(C)CC1Cc2nc(O)ccc2C(=O)N1. The van der Waals surface area contributed by atoms with Gasteiger partial charge < -0.3 is 10.4 Å². The zero-order chi connectivity index (χ0) is 11.7. The Morgan fingerprint density at radius 1 is 1.56 bits per heavy atom. The molecule has 2 rings (SSSR count).